The number of carbonyl (C=O) groups is 1. The molecule has 1 aromatic carbocycles. The predicted octanol–water partition coefficient (Wildman–Crippen LogP) is 1.77. The molecule has 7 nitrogen and oxygen atoms in total. The first-order valence-electron chi connectivity index (χ1n) is 5.54. The SMILES string of the molecule is N#C/C(=C/NCCCl)C(=O)Nc1ccccc1[N+](=O)[O-]. The summed E-state index contributed by atoms with van der Waals surface area (Å²) in [5.41, 5.74) is -0.416. The number of hydrogen-bond donors (Lipinski definition) is 2. The van der Waals surface area contributed by atoms with Crippen molar-refractivity contribution in [2.45, 2.75) is 0 Å². The molecule has 1 aromatic rings. The number of carbonyl (C=O) groups excluding carboxylic acids is 1. The molecule has 0 radical (unpaired) electrons. The molecular weight excluding hydrogens is 284 g/mol. The van der Waals surface area contributed by atoms with Gasteiger partial charge in [0.25, 0.3) is 11.6 Å². The Morgan fingerprint density at radius 1 is 1.50 bits per heavy atom. The Morgan fingerprint density at radius 2 is 2.20 bits per heavy atom. The van der Waals surface area contributed by atoms with Gasteiger partial charge in [-0.3, -0.25) is 14.9 Å². The number of nitro groups is 1. The number of amides is 1. The number of hydrogen-bond acceptors (Lipinski definition) is 5. The lowest BCUT2D eigenvalue weighted by Crippen LogP contribution is -2.18. The molecule has 1 amide bonds. The van der Waals surface area contributed by atoms with Crippen LogP contribution in [0.1, 0.15) is 0 Å². The number of alkyl halides is 1. The quantitative estimate of drug-likeness (QED) is 0.208. The molecule has 0 saturated carbocycles. The number of nitro benzene ring substituents is 1. The van der Waals surface area contributed by atoms with E-state index in [4.69, 9.17) is 16.9 Å². The lowest BCUT2D eigenvalue weighted by molar-refractivity contribution is -0.383. The summed E-state index contributed by atoms with van der Waals surface area (Å²) in [7, 11) is 0. The Morgan fingerprint density at radius 3 is 2.80 bits per heavy atom. The molecule has 0 spiro atoms. The van der Waals surface area contributed by atoms with Crippen LogP contribution in [0.5, 0.6) is 0 Å². The van der Waals surface area contributed by atoms with E-state index in [0.717, 1.165) is 0 Å². The fourth-order valence-electron chi connectivity index (χ4n) is 1.31. The summed E-state index contributed by atoms with van der Waals surface area (Å²) in [6.07, 6.45) is 1.21. The van der Waals surface area contributed by atoms with Crippen LogP contribution in [-0.4, -0.2) is 23.3 Å². The highest BCUT2D eigenvalue weighted by Crippen LogP contribution is 2.23. The highest BCUT2D eigenvalue weighted by Gasteiger charge is 2.16. The number of nitriles is 1. The van der Waals surface area contributed by atoms with Crippen LogP contribution in [0, 0.1) is 21.4 Å². The molecule has 0 unspecified atom stereocenters. The molecular formula is C12H11ClN4O3. The topological polar surface area (TPSA) is 108 Å². The van der Waals surface area contributed by atoms with Crippen LogP contribution in [0.3, 0.4) is 0 Å². The third-order valence-electron chi connectivity index (χ3n) is 2.20. The second-order valence-corrected chi connectivity index (χ2v) is 3.92. The summed E-state index contributed by atoms with van der Waals surface area (Å²) >= 11 is 5.44. The normalized spacial score (nSPS) is 10.5. The third kappa shape index (κ3) is 4.26. The lowest BCUT2D eigenvalue weighted by atomic mass is 10.2. The predicted molar refractivity (Wildman–Crippen MR) is 74.1 cm³/mol. The summed E-state index contributed by atoms with van der Waals surface area (Å²) in [4.78, 5) is 22.0. The van der Waals surface area contributed by atoms with Crippen LogP contribution in [0.25, 0.3) is 0 Å². The largest absolute Gasteiger partial charge is 0.388 e. The average molecular weight is 295 g/mol. The molecule has 0 aliphatic carbocycles. The van der Waals surface area contributed by atoms with Crippen molar-refractivity contribution >= 4 is 28.9 Å². The minimum absolute atomic E-state index is 0.0287. The first-order valence-corrected chi connectivity index (χ1v) is 6.08. The second-order valence-electron chi connectivity index (χ2n) is 3.54. The summed E-state index contributed by atoms with van der Waals surface area (Å²) in [5.74, 6) is -0.412. The van der Waals surface area contributed by atoms with Gasteiger partial charge >= 0.3 is 0 Å². The van der Waals surface area contributed by atoms with Gasteiger partial charge in [-0.2, -0.15) is 5.26 Å². The maximum Gasteiger partial charge on any atom is 0.292 e. The van der Waals surface area contributed by atoms with E-state index in [9.17, 15) is 14.9 Å². The maximum absolute atomic E-state index is 11.8. The minimum Gasteiger partial charge on any atom is -0.388 e. The molecule has 0 aliphatic heterocycles. The van der Waals surface area contributed by atoms with E-state index in [2.05, 4.69) is 10.6 Å². The van der Waals surface area contributed by atoms with Gasteiger partial charge in [-0.1, -0.05) is 12.1 Å². The Bertz CT molecular complexity index is 580. The summed E-state index contributed by atoms with van der Waals surface area (Å²) in [6, 6.07) is 7.38. The van der Waals surface area contributed by atoms with Crippen molar-refractivity contribution in [3.05, 3.63) is 46.2 Å². The van der Waals surface area contributed by atoms with Gasteiger partial charge in [-0.05, 0) is 6.07 Å². The van der Waals surface area contributed by atoms with Gasteiger partial charge in [0.2, 0.25) is 0 Å². The van der Waals surface area contributed by atoms with Crippen LogP contribution in [0.4, 0.5) is 11.4 Å². The summed E-state index contributed by atoms with van der Waals surface area (Å²) in [5, 5.41) is 24.7. The van der Waals surface area contributed by atoms with E-state index >= 15 is 0 Å². The van der Waals surface area contributed by atoms with E-state index in [1.165, 1.54) is 24.4 Å². The van der Waals surface area contributed by atoms with Gasteiger partial charge in [-0.25, -0.2) is 0 Å². The van der Waals surface area contributed by atoms with Crippen molar-refractivity contribution in [3.8, 4) is 6.07 Å². The summed E-state index contributed by atoms with van der Waals surface area (Å²) < 4.78 is 0. The third-order valence-corrected chi connectivity index (χ3v) is 2.39. The van der Waals surface area contributed by atoms with Crippen LogP contribution in [-0.2, 0) is 4.79 Å². The molecule has 1 rings (SSSR count). The molecule has 20 heavy (non-hydrogen) atoms. The van der Waals surface area contributed by atoms with Gasteiger partial charge < -0.3 is 10.6 Å². The minimum atomic E-state index is -0.733. The Labute approximate surface area is 120 Å². The van der Waals surface area contributed by atoms with E-state index < -0.39 is 10.8 Å². The fraction of sp³-hybridized carbons (Fsp3) is 0.167. The molecule has 0 heterocycles. The van der Waals surface area contributed by atoms with E-state index in [1.54, 1.807) is 12.1 Å². The molecule has 2 N–H and O–H groups in total. The van der Waals surface area contributed by atoms with E-state index in [0.29, 0.717) is 12.4 Å². The molecule has 0 saturated heterocycles. The van der Waals surface area contributed by atoms with Gasteiger partial charge in [0.05, 0.1) is 4.92 Å². The molecule has 0 aromatic heterocycles. The first kappa shape index (κ1) is 15.5. The maximum atomic E-state index is 11.8. The molecule has 0 bridgehead atoms. The highest BCUT2D eigenvalue weighted by molar-refractivity contribution is 6.18. The smallest absolute Gasteiger partial charge is 0.292 e. The number of benzene rings is 1. The van der Waals surface area contributed by atoms with E-state index in [-0.39, 0.29) is 16.9 Å². The van der Waals surface area contributed by atoms with Crippen molar-refractivity contribution in [1.82, 2.24) is 5.32 Å². The van der Waals surface area contributed by atoms with E-state index in [1.807, 2.05) is 0 Å². The number of nitrogens with one attached hydrogen (secondary N) is 2. The van der Waals surface area contributed by atoms with Gasteiger partial charge in [-0.15, -0.1) is 11.6 Å². The number of rotatable bonds is 6. The molecule has 8 heteroatoms. The Hall–Kier alpha value is -2.59. The second kappa shape index (κ2) is 7.76. The number of para-hydroxylation sites is 2. The van der Waals surface area contributed by atoms with Gasteiger partial charge in [0, 0.05) is 24.7 Å². The van der Waals surface area contributed by atoms with Crippen LogP contribution in [0.15, 0.2) is 36.0 Å². The zero-order valence-electron chi connectivity index (χ0n) is 10.3. The van der Waals surface area contributed by atoms with Crippen LogP contribution in [0.2, 0.25) is 0 Å². The van der Waals surface area contributed by atoms with Crippen LogP contribution >= 0.6 is 11.6 Å². The Balaban J connectivity index is 2.87. The van der Waals surface area contributed by atoms with Gasteiger partial charge in [0.15, 0.2) is 0 Å². The average Bonchev–Trinajstić information content (AvgIpc) is 2.44. The molecule has 0 aliphatic rings. The highest BCUT2D eigenvalue weighted by atomic mass is 35.5. The van der Waals surface area contributed by atoms with Crippen molar-refractivity contribution in [3.63, 3.8) is 0 Å². The standard InChI is InChI=1S/C12H11ClN4O3/c13-5-6-15-8-9(7-14)12(18)16-10-3-1-2-4-11(10)17(19)20/h1-4,8,15H,5-6H2,(H,16,18)/b9-8-. The molecule has 0 fully saturated rings. The fourth-order valence-corrected chi connectivity index (χ4v) is 1.41. The van der Waals surface area contributed by atoms with Crippen LogP contribution < -0.4 is 10.6 Å². The first-order chi connectivity index (χ1) is 9.60. The van der Waals surface area contributed by atoms with Crippen molar-refractivity contribution in [2.75, 3.05) is 17.7 Å². The lowest BCUT2D eigenvalue weighted by Gasteiger charge is -2.05. The zero-order chi connectivity index (χ0) is 15.0. The van der Waals surface area contributed by atoms with Crippen molar-refractivity contribution < 1.29 is 9.72 Å². The van der Waals surface area contributed by atoms with Crippen molar-refractivity contribution in [2.24, 2.45) is 0 Å². The molecule has 0 atom stereocenters. The number of halogens is 1. The Kier molecular flexibility index (Phi) is 6.00. The number of anilines is 1. The molecule has 104 valence electrons. The monoisotopic (exact) mass is 294 g/mol. The van der Waals surface area contributed by atoms with Crippen molar-refractivity contribution in [1.29, 1.82) is 5.26 Å². The number of nitrogens with zero attached hydrogens (tertiary/aromatic N) is 2. The zero-order valence-corrected chi connectivity index (χ0v) is 11.1. The summed E-state index contributed by atoms with van der Waals surface area (Å²) in [6.45, 7) is 0.394. The van der Waals surface area contributed by atoms with Gasteiger partial charge in [0.1, 0.15) is 17.3 Å².